The van der Waals surface area contributed by atoms with Crippen LogP contribution in [0.25, 0.3) is 5.65 Å². The number of nitrogens with zero attached hydrogens (tertiary/aromatic N) is 4. The van der Waals surface area contributed by atoms with E-state index in [0.717, 1.165) is 17.9 Å². The zero-order valence-corrected chi connectivity index (χ0v) is 9.87. The van der Waals surface area contributed by atoms with Crippen molar-refractivity contribution in [3.05, 3.63) is 24.2 Å². The maximum Gasteiger partial charge on any atom is 0.155 e. The summed E-state index contributed by atoms with van der Waals surface area (Å²) in [6, 6.07) is 3.97. The SMILES string of the molecule is CN1CCCC1Cc1nc2ccc(O)cn2n1. The van der Waals surface area contributed by atoms with Crippen molar-refractivity contribution in [3.8, 4) is 5.75 Å². The second-order valence-corrected chi connectivity index (χ2v) is 4.70. The molecule has 0 radical (unpaired) electrons. The second kappa shape index (κ2) is 4.00. The summed E-state index contributed by atoms with van der Waals surface area (Å²) in [4.78, 5) is 6.83. The van der Waals surface area contributed by atoms with Gasteiger partial charge in [-0.2, -0.15) is 5.10 Å². The lowest BCUT2D eigenvalue weighted by atomic mass is 10.1. The fourth-order valence-electron chi connectivity index (χ4n) is 2.45. The molecule has 90 valence electrons. The highest BCUT2D eigenvalue weighted by molar-refractivity contribution is 5.40. The van der Waals surface area contributed by atoms with Crippen LogP contribution in [0.1, 0.15) is 18.7 Å². The van der Waals surface area contributed by atoms with Crippen LogP contribution in [0.2, 0.25) is 0 Å². The minimum absolute atomic E-state index is 0.215. The molecule has 0 saturated carbocycles. The summed E-state index contributed by atoms with van der Waals surface area (Å²) in [5.74, 6) is 1.07. The normalized spacial score (nSPS) is 21.4. The lowest BCUT2D eigenvalue weighted by molar-refractivity contribution is 0.306. The summed E-state index contributed by atoms with van der Waals surface area (Å²) in [6.07, 6.45) is 4.95. The molecule has 2 aromatic rings. The van der Waals surface area contributed by atoms with Crippen LogP contribution in [0.5, 0.6) is 5.75 Å². The zero-order valence-electron chi connectivity index (χ0n) is 9.87. The average molecular weight is 232 g/mol. The molecule has 2 aromatic heterocycles. The Morgan fingerprint density at radius 2 is 2.35 bits per heavy atom. The lowest BCUT2D eigenvalue weighted by Crippen LogP contribution is -2.27. The molecule has 3 rings (SSSR count). The molecule has 0 bridgehead atoms. The Bertz CT molecular complexity index is 536. The molecule has 17 heavy (non-hydrogen) atoms. The Labute approximate surface area is 99.7 Å². The molecule has 5 nitrogen and oxygen atoms in total. The molecule has 1 unspecified atom stereocenters. The van der Waals surface area contributed by atoms with Crippen molar-refractivity contribution in [2.24, 2.45) is 0 Å². The molecule has 0 spiro atoms. The van der Waals surface area contributed by atoms with E-state index in [0.29, 0.717) is 6.04 Å². The van der Waals surface area contributed by atoms with Gasteiger partial charge in [-0.3, -0.25) is 0 Å². The molecule has 5 heteroatoms. The fourth-order valence-corrected chi connectivity index (χ4v) is 2.45. The first-order valence-electron chi connectivity index (χ1n) is 5.97. The molecule has 1 saturated heterocycles. The molecule has 1 atom stereocenters. The quantitative estimate of drug-likeness (QED) is 0.841. The number of likely N-dealkylation sites (N-methyl/N-ethyl adjacent to an activating group) is 1. The predicted molar refractivity (Wildman–Crippen MR) is 64.0 cm³/mol. The van der Waals surface area contributed by atoms with Gasteiger partial charge >= 0.3 is 0 Å². The van der Waals surface area contributed by atoms with Crippen molar-refractivity contribution in [2.75, 3.05) is 13.6 Å². The largest absolute Gasteiger partial charge is 0.506 e. The van der Waals surface area contributed by atoms with Gasteiger partial charge in [0.2, 0.25) is 0 Å². The molecular weight excluding hydrogens is 216 g/mol. The van der Waals surface area contributed by atoms with Crippen LogP contribution in [0.3, 0.4) is 0 Å². The van der Waals surface area contributed by atoms with Gasteiger partial charge < -0.3 is 10.0 Å². The smallest absolute Gasteiger partial charge is 0.155 e. The van der Waals surface area contributed by atoms with Crippen LogP contribution in [0.4, 0.5) is 0 Å². The van der Waals surface area contributed by atoms with Crippen molar-refractivity contribution in [1.29, 1.82) is 0 Å². The second-order valence-electron chi connectivity index (χ2n) is 4.70. The van der Waals surface area contributed by atoms with Crippen LogP contribution >= 0.6 is 0 Å². The van der Waals surface area contributed by atoms with Crippen molar-refractivity contribution >= 4 is 5.65 Å². The van der Waals surface area contributed by atoms with Gasteiger partial charge in [0.25, 0.3) is 0 Å². The minimum Gasteiger partial charge on any atom is -0.506 e. The van der Waals surface area contributed by atoms with Crippen molar-refractivity contribution < 1.29 is 5.11 Å². The van der Waals surface area contributed by atoms with Crippen molar-refractivity contribution in [2.45, 2.75) is 25.3 Å². The fraction of sp³-hybridized carbons (Fsp3) is 0.500. The molecule has 1 fully saturated rings. The maximum atomic E-state index is 9.37. The molecule has 0 aliphatic carbocycles. The van der Waals surface area contributed by atoms with Gasteiger partial charge in [-0.25, -0.2) is 9.50 Å². The number of likely N-dealkylation sites (tertiary alicyclic amines) is 1. The van der Waals surface area contributed by atoms with E-state index in [1.165, 1.54) is 19.4 Å². The number of aromatic nitrogens is 3. The van der Waals surface area contributed by atoms with Gasteiger partial charge in [-0.05, 0) is 38.6 Å². The van der Waals surface area contributed by atoms with Crippen LogP contribution in [0.15, 0.2) is 18.3 Å². The topological polar surface area (TPSA) is 53.7 Å². The molecule has 1 aliphatic heterocycles. The Hall–Kier alpha value is -1.62. The molecule has 0 aromatic carbocycles. The highest BCUT2D eigenvalue weighted by Gasteiger charge is 2.22. The summed E-state index contributed by atoms with van der Waals surface area (Å²) in [5.41, 5.74) is 0.790. The van der Waals surface area contributed by atoms with Gasteiger partial charge in [-0.1, -0.05) is 0 Å². The summed E-state index contributed by atoms with van der Waals surface area (Å²) < 4.78 is 1.64. The van der Waals surface area contributed by atoms with E-state index in [9.17, 15) is 5.11 Å². The Kier molecular flexibility index (Phi) is 2.48. The first-order valence-corrected chi connectivity index (χ1v) is 5.97. The molecule has 3 heterocycles. The van der Waals surface area contributed by atoms with E-state index in [4.69, 9.17) is 0 Å². The number of hydrogen-bond donors (Lipinski definition) is 1. The van der Waals surface area contributed by atoms with Crippen LogP contribution in [-0.2, 0) is 6.42 Å². The third-order valence-electron chi connectivity index (χ3n) is 3.45. The third kappa shape index (κ3) is 1.98. The van der Waals surface area contributed by atoms with E-state index in [1.807, 2.05) is 0 Å². The van der Waals surface area contributed by atoms with Gasteiger partial charge in [0.05, 0.1) is 6.20 Å². The lowest BCUT2D eigenvalue weighted by Gasteiger charge is -2.17. The number of pyridine rings is 1. The monoisotopic (exact) mass is 232 g/mol. The van der Waals surface area contributed by atoms with E-state index in [1.54, 1.807) is 22.8 Å². The Morgan fingerprint density at radius 1 is 1.47 bits per heavy atom. The highest BCUT2D eigenvalue weighted by atomic mass is 16.3. The number of aromatic hydroxyl groups is 1. The van der Waals surface area contributed by atoms with E-state index in [2.05, 4.69) is 22.0 Å². The van der Waals surface area contributed by atoms with Gasteiger partial charge in [0, 0.05) is 12.5 Å². The predicted octanol–water partition coefficient (Wildman–Crippen LogP) is 1.07. The standard InChI is InChI=1S/C12H16N4O/c1-15-6-2-3-9(15)7-11-13-12-5-4-10(17)8-16(12)14-11/h4-5,8-9,17H,2-3,6-7H2,1H3. The molecule has 1 aliphatic rings. The third-order valence-corrected chi connectivity index (χ3v) is 3.45. The van der Waals surface area contributed by atoms with Crippen molar-refractivity contribution in [1.82, 2.24) is 19.5 Å². The van der Waals surface area contributed by atoms with Crippen molar-refractivity contribution in [3.63, 3.8) is 0 Å². The average Bonchev–Trinajstić information content (AvgIpc) is 2.85. The molecule has 1 N–H and O–H groups in total. The summed E-state index contributed by atoms with van der Waals surface area (Å²) in [6.45, 7) is 1.17. The van der Waals surface area contributed by atoms with Crippen LogP contribution in [0, 0.1) is 0 Å². The van der Waals surface area contributed by atoms with E-state index in [-0.39, 0.29) is 5.75 Å². The summed E-state index contributed by atoms with van der Waals surface area (Å²) in [5, 5.41) is 13.8. The van der Waals surface area contributed by atoms with Crippen LogP contribution < -0.4 is 0 Å². The maximum absolute atomic E-state index is 9.37. The Morgan fingerprint density at radius 3 is 3.12 bits per heavy atom. The Balaban J connectivity index is 1.85. The molecular formula is C12H16N4O. The van der Waals surface area contributed by atoms with Gasteiger partial charge in [0.1, 0.15) is 5.75 Å². The number of hydrogen-bond acceptors (Lipinski definition) is 4. The minimum atomic E-state index is 0.215. The number of rotatable bonds is 2. The summed E-state index contributed by atoms with van der Waals surface area (Å²) >= 11 is 0. The van der Waals surface area contributed by atoms with Gasteiger partial charge in [-0.15, -0.1) is 0 Å². The number of fused-ring (bicyclic) bond motifs is 1. The first-order chi connectivity index (χ1) is 8.22. The zero-order chi connectivity index (χ0) is 11.8. The molecule has 0 amide bonds. The van der Waals surface area contributed by atoms with Gasteiger partial charge in [0.15, 0.2) is 11.5 Å². The highest BCUT2D eigenvalue weighted by Crippen LogP contribution is 2.18. The first kappa shape index (κ1) is 10.5. The summed E-state index contributed by atoms with van der Waals surface area (Å²) in [7, 11) is 2.15. The van der Waals surface area contributed by atoms with E-state index >= 15 is 0 Å². The van der Waals surface area contributed by atoms with E-state index < -0.39 is 0 Å². The van der Waals surface area contributed by atoms with Crippen LogP contribution in [-0.4, -0.2) is 44.2 Å².